The lowest BCUT2D eigenvalue weighted by molar-refractivity contribution is -0.903. The summed E-state index contributed by atoms with van der Waals surface area (Å²) in [5, 5.41) is 7.34. The Labute approximate surface area is 206 Å². The molecule has 3 nitrogen and oxygen atoms in total. The van der Waals surface area contributed by atoms with Crippen molar-refractivity contribution in [1.82, 2.24) is 0 Å². The van der Waals surface area contributed by atoms with Gasteiger partial charge >= 0.3 is 6.18 Å². The first kappa shape index (κ1) is 26.1. The fourth-order valence-electron chi connectivity index (χ4n) is 3.61. The largest absolute Gasteiger partial charge is 0.416 e. The van der Waals surface area contributed by atoms with Crippen molar-refractivity contribution in [1.29, 1.82) is 0 Å². The van der Waals surface area contributed by atoms with Crippen LogP contribution in [0.15, 0.2) is 60.7 Å². The Hall–Kier alpha value is -2.48. The molecule has 0 radical (unpaired) electrons. The Bertz CT molecular complexity index is 1120. The highest BCUT2D eigenvalue weighted by molar-refractivity contribution is 6.42. The molecule has 0 amide bonds. The Morgan fingerprint density at radius 3 is 2.21 bits per heavy atom. The number of nitrogens with zero attached hydrogens (tertiary/aromatic N) is 1. The zero-order valence-corrected chi connectivity index (χ0v) is 20.3. The average Bonchev–Trinajstić information content (AvgIpc) is 2.75. The quantitative estimate of drug-likeness (QED) is 0.172. The Morgan fingerprint density at radius 1 is 0.853 bits per heavy atom. The van der Waals surface area contributed by atoms with Gasteiger partial charge in [0, 0.05) is 24.2 Å². The smallest absolute Gasteiger partial charge is 0.383 e. The third-order valence-electron chi connectivity index (χ3n) is 5.32. The normalized spacial score (nSPS) is 12.0. The first-order valence-electron chi connectivity index (χ1n) is 10.7. The number of rotatable bonds is 9. The molecule has 34 heavy (non-hydrogen) atoms. The molecule has 0 aliphatic heterocycles. The minimum Gasteiger partial charge on any atom is -0.383 e. The van der Waals surface area contributed by atoms with Crippen LogP contribution in [-0.2, 0) is 12.7 Å². The van der Waals surface area contributed by atoms with Crippen molar-refractivity contribution in [2.24, 2.45) is 0 Å². The number of anilines is 3. The first-order chi connectivity index (χ1) is 15.9. The van der Waals surface area contributed by atoms with E-state index in [9.17, 15) is 17.6 Å². The van der Waals surface area contributed by atoms with Crippen LogP contribution >= 0.6 is 23.2 Å². The summed E-state index contributed by atoms with van der Waals surface area (Å²) < 4.78 is 52.9. The highest BCUT2D eigenvalue weighted by atomic mass is 35.5. The molecule has 0 aromatic heterocycles. The van der Waals surface area contributed by atoms with Crippen LogP contribution in [0.4, 0.5) is 34.6 Å². The van der Waals surface area contributed by atoms with E-state index in [0.29, 0.717) is 33.7 Å². The van der Waals surface area contributed by atoms with E-state index >= 15 is 0 Å². The summed E-state index contributed by atoms with van der Waals surface area (Å²) in [6.45, 7) is 2.22. The van der Waals surface area contributed by atoms with Crippen molar-refractivity contribution >= 4 is 40.3 Å². The van der Waals surface area contributed by atoms with Crippen LogP contribution < -0.4 is 10.6 Å². The summed E-state index contributed by atoms with van der Waals surface area (Å²) in [5.41, 5.74) is 1.94. The van der Waals surface area contributed by atoms with Gasteiger partial charge in [-0.05, 0) is 54.6 Å². The third kappa shape index (κ3) is 7.52. The van der Waals surface area contributed by atoms with Crippen molar-refractivity contribution in [3.63, 3.8) is 0 Å². The molecule has 0 heterocycles. The molecule has 0 aliphatic carbocycles. The zero-order valence-electron chi connectivity index (χ0n) is 18.8. The molecule has 0 atom stereocenters. The summed E-state index contributed by atoms with van der Waals surface area (Å²) >= 11 is 12.1. The van der Waals surface area contributed by atoms with Gasteiger partial charge in [-0.1, -0.05) is 29.3 Å². The summed E-state index contributed by atoms with van der Waals surface area (Å²) in [6.07, 6.45) is -3.59. The minimum atomic E-state index is -4.40. The Morgan fingerprint density at radius 2 is 1.56 bits per heavy atom. The van der Waals surface area contributed by atoms with Gasteiger partial charge in [0.05, 0.1) is 47.6 Å². The molecule has 3 aromatic carbocycles. The molecule has 0 aliphatic rings. The number of hydrogen-bond donors (Lipinski definition) is 2. The number of quaternary nitrogens is 1. The number of nitrogens with one attached hydrogen (secondary N) is 2. The third-order valence-corrected chi connectivity index (χ3v) is 6.06. The van der Waals surface area contributed by atoms with E-state index in [0.717, 1.165) is 41.7 Å². The number of alkyl halides is 3. The number of benzene rings is 3. The molecule has 9 heteroatoms. The van der Waals surface area contributed by atoms with Crippen molar-refractivity contribution < 1.29 is 22.0 Å². The van der Waals surface area contributed by atoms with E-state index in [1.807, 2.05) is 12.1 Å². The lowest BCUT2D eigenvalue weighted by Gasteiger charge is -2.30. The van der Waals surface area contributed by atoms with Gasteiger partial charge < -0.3 is 15.1 Å². The van der Waals surface area contributed by atoms with Crippen molar-refractivity contribution in [2.75, 3.05) is 37.8 Å². The lowest BCUT2D eigenvalue weighted by atomic mass is 10.2. The van der Waals surface area contributed by atoms with Crippen LogP contribution in [0.25, 0.3) is 0 Å². The van der Waals surface area contributed by atoms with Gasteiger partial charge in [0.15, 0.2) is 0 Å². The fraction of sp³-hybridized carbons (Fsp3) is 0.280. The molecule has 3 aromatic rings. The van der Waals surface area contributed by atoms with E-state index in [2.05, 4.69) is 24.7 Å². The summed E-state index contributed by atoms with van der Waals surface area (Å²) in [4.78, 5) is 0. The van der Waals surface area contributed by atoms with Crippen LogP contribution in [0, 0.1) is 5.82 Å². The number of hydrogen-bond acceptors (Lipinski definition) is 2. The van der Waals surface area contributed by atoms with Crippen LogP contribution in [0.5, 0.6) is 0 Å². The summed E-state index contributed by atoms with van der Waals surface area (Å²) in [6, 6.07) is 14.5. The van der Waals surface area contributed by atoms with Crippen LogP contribution in [0.2, 0.25) is 10.0 Å². The van der Waals surface area contributed by atoms with Gasteiger partial charge in [0.25, 0.3) is 0 Å². The molecule has 0 spiro atoms. The van der Waals surface area contributed by atoms with E-state index < -0.39 is 17.6 Å². The highest BCUT2D eigenvalue weighted by Gasteiger charge is 2.30. The second-order valence-corrected chi connectivity index (χ2v) is 9.55. The van der Waals surface area contributed by atoms with Gasteiger partial charge in [-0.2, -0.15) is 13.2 Å². The average molecular weight is 515 g/mol. The monoisotopic (exact) mass is 514 g/mol. The van der Waals surface area contributed by atoms with E-state index in [1.165, 1.54) is 24.3 Å². The number of halogens is 6. The standard InChI is InChI=1S/C25H26Cl2F4N3/c1-34(2,16-17-4-10-21(26)22(27)14-17)13-3-12-32-24-15-19(28)7-11-23(24)33-20-8-5-18(6-9-20)25(29,30)31/h4-11,14-15,32-33H,3,12-13,16H2,1-2H3/q+1. The SMILES string of the molecule is C[N+](C)(CCCNc1cc(F)ccc1Nc1ccc(C(F)(F)F)cc1)Cc1ccc(Cl)c(Cl)c1. The molecule has 182 valence electrons. The van der Waals surface area contributed by atoms with E-state index in [1.54, 1.807) is 12.1 Å². The van der Waals surface area contributed by atoms with Gasteiger partial charge in [0.1, 0.15) is 12.4 Å². The second kappa shape index (κ2) is 10.8. The summed E-state index contributed by atoms with van der Waals surface area (Å²) in [5.74, 6) is -0.406. The van der Waals surface area contributed by atoms with Gasteiger partial charge in [0.2, 0.25) is 0 Å². The maximum absolute atomic E-state index is 13.9. The van der Waals surface area contributed by atoms with E-state index in [4.69, 9.17) is 23.2 Å². The van der Waals surface area contributed by atoms with Crippen molar-refractivity contribution in [3.05, 3.63) is 87.7 Å². The van der Waals surface area contributed by atoms with E-state index in [-0.39, 0.29) is 0 Å². The maximum Gasteiger partial charge on any atom is 0.416 e. The molecule has 0 saturated carbocycles. The molecule has 2 N–H and O–H groups in total. The van der Waals surface area contributed by atoms with Crippen molar-refractivity contribution in [2.45, 2.75) is 19.1 Å². The molecule has 0 unspecified atom stereocenters. The van der Waals surface area contributed by atoms with Gasteiger partial charge in [-0.25, -0.2) is 4.39 Å². The predicted molar refractivity (Wildman–Crippen MR) is 131 cm³/mol. The van der Waals surface area contributed by atoms with Crippen molar-refractivity contribution in [3.8, 4) is 0 Å². The van der Waals surface area contributed by atoms with Crippen LogP contribution in [0.1, 0.15) is 17.5 Å². The summed E-state index contributed by atoms with van der Waals surface area (Å²) in [7, 11) is 4.23. The predicted octanol–water partition coefficient (Wildman–Crippen LogP) is 7.97. The maximum atomic E-state index is 13.9. The molecular formula is C25H26Cl2F4N3+. The zero-order chi connectivity index (χ0) is 24.9. The molecule has 0 saturated heterocycles. The second-order valence-electron chi connectivity index (χ2n) is 8.74. The molecule has 0 bridgehead atoms. The topological polar surface area (TPSA) is 24.1 Å². The van der Waals surface area contributed by atoms with Gasteiger partial charge in [-0.15, -0.1) is 0 Å². The lowest BCUT2D eigenvalue weighted by Crippen LogP contribution is -2.40. The molecular weight excluding hydrogens is 489 g/mol. The van der Waals surface area contributed by atoms with Crippen LogP contribution in [0.3, 0.4) is 0 Å². The van der Waals surface area contributed by atoms with Gasteiger partial charge in [-0.3, -0.25) is 0 Å². The molecule has 3 rings (SSSR count). The molecule has 0 fully saturated rings. The minimum absolute atomic E-state index is 0.406. The fourth-order valence-corrected chi connectivity index (χ4v) is 3.93. The highest BCUT2D eigenvalue weighted by Crippen LogP contribution is 2.32. The Balaban J connectivity index is 1.58. The Kier molecular flexibility index (Phi) is 8.34. The van der Waals surface area contributed by atoms with Crippen LogP contribution in [-0.4, -0.2) is 31.7 Å². The first-order valence-corrected chi connectivity index (χ1v) is 11.4.